The Morgan fingerprint density at radius 3 is 2.21 bits per heavy atom. The summed E-state index contributed by atoms with van der Waals surface area (Å²) in [6.45, 7) is 3.59. The number of hydrogen-bond acceptors (Lipinski definition) is 3. The average Bonchev–Trinajstić information content (AvgIpc) is 2.73. The smallest absolute Gasteiger partial charge is 0.341 e. The molecule has 5 nitrogen and oxygen atoms in total. The highest BCUT2D eigenvalue weighted by Gasteiger charge is 2.26. The van der Waals surface area contributed by atoms with Gasteiger partial charge in [-0.25, -0.2) is 8.42 Å². The standard InChI is InChI=1S/C21H24F2N2O3S/c22-21(23)29(27,28)19-10-8-16(9-11-19)20(26)24-14-17-6-2-3-7-18(17)15-25-12-4-1-5-13-25/h2-3,6-11,21H,1,4-5,12-15H2,(H,24,26)/p+1. The van der Waals surface area contributed by atoms with Crippen LogP contribution >= 0.6 is 0 Å². The maximum absolute atomic E-state index is 12.6. The lowest BCUT2D eigenvalue weighted by atomic mass is 10.0. The number of benzene rings is 2. The largest absolute Gasteiger partial charge is 0.348 e. The summed E-state index contributed by atoms with van der Waals surface area (Å²) in [5.74, 6) is -3.87. The molecule has 2 aromatic carbocycles. The number of sulfone groups is 1. The number of nitrogens with one attached hydrogen (secondary N) is 2. The Bertz CT molecular complexity index is 941. The number of quaternary nitrogens is 1. The van der Waals surface area contributed by atoms with Crippen molar-refractivity contribution in [3.8, 4) is 0 Å². The van der Waals surface area contributed by atoms with Crippen LogP contribution in [0.3, 0.4) is 0 Å². The molecule has 0 radical (unpaired) electrons. The maximum Gasteiger partial charge on any atom is 0.341 e. The summed E-state index contributed by atoms with van der Waals surface area (Å²) in [6, 6.07) is 12.5. The van der Waals surface area contributed by atoms with Crippen molar-refractivity contribution in [1.82, 2.24) is 5.32 Å². The third-order valence-electron chi connectivity index (χ3n) is 5.24. The van der Waals surface area contributed by atoms with Crippen LogP contribution in [0.15, 0.2) is 53.4 Å². The van der Waals surface area contributed by atoms with Crippen LogP contribution < -0.4 is 10.2 Å². The van der Waals surface area contributed by atoms with E-state index >= 15 is 0 Å². The van der Waals surface area contributed by atoms with E-state index in [-0.39, 0.29) is 11.5 Å². The summed E-state index contributed by atoms with van der Waals surface area (Å²) < 4.78 is 48.2. The SMILES string of the molecule is O=C(NCc1ccccc1C[NH+]1CCCCC1)c1ccc(S(=O)(=O)C(F)F)cc1. The van der Waals surface area contributed by atoms with E-state index in [0.29, 0.717) is 6.54 Å². The number of piperidine rings is 1. The zero-order valence-electron chi connectivity index (χ0n) is 16.0. The van der Waals surface area contributed by atoms with Gasteiger partial charge in [-0.05, 0) is 49.1 Å². The monoisotopic (exact) mass is 423 g/mol. The maximum atomic E-state index is 12.6. The van der Waals surface area contributed by atoms with Crippen LogP contribution in [0.4, 0.5) is 8.78 Å². The topological polar surface area (TPSA) is 67.7 Å². The van der Waals surface area contributed by atoms with E-state index in [0.717, 1.165) is 37.3 Å². The summed E-state index contributed by atoms with van der Waals surface area (Å²) in [5, 5.41) is 2.83. The second-order valence-electron chi connectivity index (χ2n) is 7.27. The highest BCUT2D eigenvalue weighted by atomic mass is 32.2. The molecule has 0 aromatic heterocycles. The molecule has 0 unspecified atom stereocenters. The minimum absolute atomic E-state index is 0.220. The van der Waals surface area contributed by atoms with E-state index in [9.17, 15) is 22.0 Å². The van der Waals surface area contributed by atoms with Gasteiger partial charge in [0, 0.05) is 17.7 Å². The van der Waals surface area contributed by atoms with E-state index < -0.39 is 20.5 Å². The van der Waals surface area contributed by atoms with Gasteiger partial charge in [0.15, 0.2) is 0 Å². The molecule has 1 amide bonds. The third kappa shape index (κ3) is 5.39. The molecule has 2 aromatic rings. The Balaban J connectivity index is 1.63. The molecular formula is C21H25F2N2O3S+. The van der Waals surface area contributed by atoms with E-state index in [1.54, 1.807) is 4.90 Å². The molecule has 1 aliphatic rings. The molecule has 2 N–H and O–H groups in total. The summed E-state index contributed by atoms with van der Waals surface area (Å²) >= 11 is 0. The van der Waals surface area contributed by atoms with Gasteiger partial charge in [0.1, 0.15) is 6.54 Å². The molecule has 0 atom stereocenters. The second-order valence-corrected chi connectivity index (χ2v) is 9.19. The molecule has 8 heteroatoms. The van der Waals surface area contributed by atoms with Crippen molar-refractivity contribution >= 4 is 15.7 Å². The van der Waals surface area contributed by atoms with Crippen molar-refractivity contribution < 1.29 is 26.9 Å². The first-order chi connectivity index (χ1) is 13.9. The van der Waals surface area contributed by atoms with Gasteiger partial charge in [0.05, 0.1) is 18.0 Å². The Labute approximate surface area is 169 Å². The van der Waals surface area contributed by atoms with Gasteiger partial charge in [-0.1, -0.05) is 24.3 Å². The number of alkyl halides is 2. The van der Waals surface area contributed by atoms with Crippen molar-refractivity contribution in [3.05, 3.63) is 65.2 Å². The Hall–Kier alpha value is -2.32. The van der Waals surface area contributed by atoms with Crippen LogP contribution in [0.2, 0.25) is 0 Å². The molecule has 0 spiro atoms. The molecule has 156 valence electrons. The van der Waals surface area contributed by atoms with Gasteiger partial charge in [-0.3, -0.25) is 4.79 Å². The van der Waals surface area contributed by atoms with Crippen molar-refractivity contribution in [1.29, 1.82) is 0 Å². The predicted molar refractivity (Wildman–Crippen MR) is 105 cm³/mol. The quantitative estimate of drug-likeness (QED) is 0.717. The predicted octanol–water partition coefficient (Wildman–Crippen LogP) is 2.18. The third-order valence-corrected chi connectivity index (χ3v) is 6.64. The van der Waals surface area contributed by atoms with Crippen molar-refractivity contribution in [2.75, 3.05) is 13.1 Å². The summed E-state index contributed by atoms with van der Waals surface area (Å²) in [7, 11) is -4.66. The first-order valence-electron chi connectivity index (χ1n) is 9.68. The molecule has 1 fully saturated rings. The number of carbonyl (C=O) groups is 1. The lowest BCUT2D eigenvalue weighted by Crippen LogP contribution is -3.11. The second kappa shape index (κ2) is 9.45. The van der Waals surface area contributed by atoms with Gasteiger partial charge in [0.2, 0.25) is 9.84 Å². The van der Waals surface area contributed by atoms with Crippen molar-refractivity contribution in [2.24, 2.45) is 0 Å². The molecule has 1 saturated heterocycles. The number of halogens is 2. The van der Waals surface area contributed by atoms with Gasteiger partial charge >= 0.3 is 5.76 Å². The first-order valence-corrected chi connectivity index (χ1v) is 11.2. The molecular weight excluding hydrogens is 398 g/mol. The average molecular weight is 424 g/mol. The number of rotatable bonds is 7. The molecule has 29 heavy (non-hydrogen) atoms. The minimum atomic E-state index is -4.66. The van der Waals surface area contributed by atoms with Gasteiger partial charge in [0.25, 0.3) is 5.91 Å². The minimum Gasteiger partial charge on any atom is -0.348 e. The van der Waals surface area contributed by atoms with Gasteiger partial charge in [-0.2, -0.15) is 8.78 Å². The molecule has 0 aliphatic carbocycles. The lowest BCUT2D eigenvalue weighted by molar-refractivity contribution is -0.918. The lowest BCUT2D eigenvalue weighted by Gasteiger charge is -2.24. The molecule has 0 saturated carbocycles. The van der Waals surface area contributed by atoms with Crippen LogP contribution in [0.1, 0.15) is 40.7 Å². The summed E-state index contributed by atoms with van der Waals surface area (Å²) in [6.07, 6.45) is 3.77. The van der Waals surface area contributed by atoms with E-state index in [1.807, 2.05) is 18.2 Å². The fourth-order valence-electron chi connectivity index (χ4n) is 3.58. The van der Waals surface area contributed by atoms with Crippen LogP contribution in [0.25, 0.3) is 0 Å². The highest BCUT2D eigenvalue weighted by Crippen LogP contribution is 2.18. The summed E-state index contributed by atoms with van der Waals surface area (Å²) in [5.41, 5.74) is 2.45. The Kier molecular flexibility index (Phi) is 6.97. The number of hydrogen-bond donors (Lipinski definition) is 2. The van der Waals surface area contributed by atoms with Crippen LogP contribution in [0, 0.1) is 0 Å². The van der Waals surface area contributed by atoms with Crippen LogP contribution in [0.5, 0.6) is 0 Å². The van der Waals surface area contributed by atoms with E-state index in [1.165, 1.54) is 37.0 Å². The highest BCUT2D eigenvalue weighted by molar-refractivity contribution is 7.91. The normalized spacial score (nSPS) is 15.4. The number of amides is 1. The fourth-order valence-corrected chi connectivity index (χ4v) is 4.30. The van der Waals surface area contributed by atoms with Crippen molar-refractivity contribution in [3.63, 3.8) is 0 Å². The van der Waals surface area contributed by atoms with E-state index in [4.69, 9.17) is 0 Å². The van der Waals surface area contributed by atoms with Crippen LogP contribution in [-0.2, 0) is 22.9 Å². The first kappa shape index (κ1) is 21.4. The zero-order valence-corrected chi connectivity index (χ0v) is 16.9. The fraction of sp³-hybridized carbons (Fsp3) is 0.381. The molecule has 3 rings (SSSR count). The number of carbonyl (C=O) groups excluding carboxylic acids is 1. The number of likely N-dealkylation sites (tertiary alicyclic amines) is 1. The van der Waals surface area contributed by atoms with Crippen molar-refractivity contribution in [2.45, 2.75) is 43.0 Å². The molecule has 0 bridgehead atoms. The Morgan fingerprint density at radius 2 is 1.59 bits per heavy atom. The van der Waals surface area contributed by atoms with Crippen LogP contribution in [-0.4, -0.2) is 33.2 Å². The summed E-state index contributed by atoms with van der Waals surface area (Å²) in [4.78, 5) is 13.4. The zero-order chi connectivity index (χ0) is 20.9. The molecule has 1 aliphatic heterocycles. The van der Waals surface area contributed by atoms with Gasteiger partial charge < -0.3 is 10.2 Å². The molecule has 1 heterocycles. The van der Waals surface area contributed by atoms with Gasteiger partial charge in [-0.15, -0.1) is 0 Å². The Morgan fingerprint density at radius 1 is 0.966 bits per heavy atom. The van der Waals surface area contributed by atoms with E-state index in [2.05, 4.69) is 11.4 Å².